The number of piperidine rings is 1. The molecule has 0 aliphatic carbocycles. The number of halogens is 1. The molecule has 2 rings (SSSR count). The van der Waals surface area contributed by atoms with Gasteiger partial charge in [0.25, 0.3) is 0 Å². The van der Waals surface area contributed by atoms with Crippen LogP contribution in [0, 0.1) is 0 Å². The number of aliphatic hydroxyl groups is 1. The molecule has 0 radical (unpaired) electrons. The van der Waals surface area contributed by atoms with E-state index in [1.165, 1.54) is 19.3 Å². The van der Waals surface area contributed by atoms with Gasteiger partial charge in [-0.15, -0.1) is 0 Å². The highest BCUT2D eigenvalue weighted by Crippen LogP contribution is 2.30. The molecule has 17 heavy (non-hydrogen) atoms. The van der Waals surface area contributed by atoms with Crippen molar-refractivity contribution in [2.45, 2.75) is 25.3 Å². The first-order valence-corrected chi connectivity index (χ1v) is 6.51. The van der Waals surface area contributed by atoms with Crippen molar-refractivity contribution in [2.24, 2.45) is 5.73 Å². The Morgan fingerprint density at radius 1 is 1.29 bits per heavy atom. The molecule has 1 unspecified atom stereocenters. The largest absolute Gasteiger partial charge is 0.394 e. The highest BCUT2D eigenvalue weighted by atomic mass is 35.5. The molecule has 0 bridgehead atoms. The summed E-state index contributed by atoms with van der Waals surface area (Å²) >= 11 is 6.28. The zero-order valence-electron chi connectivity index (χ0n) is 9.90. The van der Waals surface area contributed by atoms with E-state index in [-0.39, 0.29) is 12.6 Å². The van der Waals surface area contributed by atoms with E-state index < -0.39 is 0 Å². The van der Waals surface area contributed by atoms with Crippen molar-refractivity contribution in [3.05, 3.63) is 28.8 Å². The third kappa shape index (κ3) is 2.92. The Labute approximate surface area is 107 Å². The summed E-state index contributed by atoms with van der Waals surface area (Å²) in [5.41, 5.74) is 7.74. The summed E-state index contributed by atoms with van der Waals surface area (Å²) in [4.78, 5) is 2.32. The van der Waals surface area contributed by atoms with E-state index >= 15 is 0 Å². The van der Waals surface area contributed by atoms with E-state index in [1.807, 2.05) is 18.2 Å². The lowest BCUT2D eigenvalue weighted by Crippen LogP contribution is -2.29. The third-order valence-corrected chi connectivity index (χ3v) is 3.60. The third-order valence-electron chi connectivity index (χ3n) is 3.29. The summed E-state index contributed by atoms with van der Waals surface area (Å²) in [5.74, 6) is 0. The van der Waals surface area contributed by atoms with Crippen LogP contribution in [0.3, 0.4) is 0 Å². The van der Waals surface area contributed by atoms with Gasteiger partial charge in [-0.05, 0) is 37.0 Å². The van der Waals surface area contributed by atoms with Gasteiger partial charge in [-0.1, -0.05) is 17.7 Å². The van der Waals surface area contributed by atoms with Crippen molar-refractivity contribution in [1.82, 2.24) is 0 Å². The van der Waals surface area contributed by atoms with Crippen LogP contribution in [0.25, 0.3) is 0 Å². The van der Waals surface area contributed by atoms with Crippen LogP contribution in [0.5, 0.6) is 0 Å². The Balaban J connectivity index is 2.18. The molecule has 0 amide bonds. The number of aliphatic hydroxyl groups excluding tert-OH is 1. The van der Waals surface area contributed by atoms with E-state index in [1.54, 1.807) is 0 Å². The van der Waals surface area contributed by atoms with Crippen LogP contribution < -0.4 is 10.6 Å². The second kappa shape index (κ2) is 5.71. The molecule has 94 valence electrons. The molecular formula is C13H19ClN2O. The summed E-state index contributed by atoms with van der Waals surface area (Å²) in [6.45, 7) is 2.09. The summed E-state index contributed by atoms with van der Waals surface area (Å²) in [5, 5.41) is 9.75. The SMILES string of the molecule is NC(CO)c1ccc(N2CCCCC2)c(Cl)c1. The minimum absolute atomic E-state index is 0.0562. The lowest BCUT2D eigenvalue weighted by Gasteiger charge is -2.30. The second-order valence-corrected chi connectivity index (χ2v) is 4.95. The Morgan fingerprint density at radius 3 is 2.59 bits per heavy atom. The standard InChI is InChI=1S/C13H19ClN2O/c14-11-8-10(12(15)9-17)4-5-13(11)16-6-2-1-3-7-16/h4-5,8,12,17H,1-3,6-7,9,15H2. The number of rotatable bonds is 3. The molecular weight excluding hydrogens is 236 g/mol. The van der Waals surface area contributed by atoms with Crippen molar-refractivity contribution in [3.8, 4) is 0 Å². The molecule has 1 aromatic rings. The van der Waals surface area contributed by atoms with Crippen molar-refractivity contribution in [1.29, 1.82) is 0 Å². The summed E-state index contributed by atoms with van der Waals surface area (Å²) in [7, 11) is 0. The highest BCUT2D eigenvalue weighted by Gasteiger charge is 2.15. The molecule has 1 fully saturated rings. The van der Waals surface area contributed by atoms with Gasteiger partial charge in [0.2, 0.25) is 0 Å². The van der Waals surface area contributed by atoms with Gasteiger partial charge < -0.3 is 15.7 Å². The van der Waals surface area contributed by atoms with Crippen molar-refractivity contribution < 1.29 is 5.11 Å². The minimum atomic E-state index is -0.345. The van der Waals surface area contributed by atoms with E-state index in [0.717, 1.165) is 29.4 Å². The van der Waals surface area contributed by atoms with Gasteiger partial charge in [-0.2, -0.15) is 0 Å². The van der Waals surface area contributed by atoms with Crippen LogP contribution in [-0.4, -0.2) is 24.8 Å². The Bertz CT molecular complexity index is 378. The van der Waals surface area contributed by atoms with E-state index in [0.29, 0.717) is 0 Å². The van der Waals surface area contributed by atoms with Crippen LogP contribution in [0.4, 0.5) is 5.69 Å². The van der Waals surface area contributed by atoms with Gasteiger partial charge in [-0.3, -0.25) is 0 Å². The molecule has 0 aromatic heterocycles. The molecule has 1 aliphatic heterocycles. The first-order chi connectivity index (χ1) is 8.22. The number of nitrogens with zero attached hydrogens (tertiary/aromatic N) is 1. The maximum absolute atomic E-state index is 9.02. The smallest absolute Gasteiger partial charge is 0.0642 e. The lowest BCUT2D eigenvalue weighted by molar-refractivity contribution is 0.268. The fraction of sp³-hybridized carbons (Fsp3) is 0.538. The van der Waals surface area contributed by atoms with Crippen molar-refractivity contribution in [2.75, 3.05) is 24.6 Å². The molecule has 1 aromatic carbocycles. The quantitative estimate of drug-likeness (QED) is 0.871. The molecule has 1 heterocycles. The van der Waals surface area contributed by atoms with Gasteiger partial charge in [0.05, 0.1) is 23.4 Å². The fourth-order valence-electron chi connectivity index (χ4n) is 2.25. The molecule has 1 aliphatic rings. The Morgan fingerprint density at radius 2 is 2.00 bits per heavy atom. The summed E-state index contributed by atoms with van der Waals surface area (Å²) < 4.78 is 0. The lowest BCUT2D eigenvalue weighted by atomic mass is 10.1. The first-order valence-electron chi connectivity index (χ1n) is 6.13. The fourth-order valence-corrected chi connectivity index (χ4v) is 2.56. The van der Waals surface area contributed by atoms with E-state index in [9.17, 15) is 0 Å². The topological polar surface area (TPSA) is 49.5 Å². The molecule has 3 N–H and O–H groups in total. The average Bonchev–Trinajstić information content (AvgIpc) is 2.38. The van der Waals surface area contributed by atoms with Crippen LogP contribution in [0.2, 0.25) is 5.02 Å². The van der Waals surface area contributed by atoms with Gasteiger partial charge in [0.15, 0.2) is 0 Å². The molecule has 3 nitrogen and oxygen atoms in total. The number of hydrogen-bond acceptors (Lipinski definition) is 3. The predicted molar refractivity (Wildman–Crippen MR) is 71.5 cm³/mol. The summed E-state index contributed by atoms with van der Waals surface area (Å²) in [6.07, 6.45) is 3.77. The molecule has 1 saturated heterocycles. The van der Waals surface area contributed by atoms with E-state index in [2.05, 4.69) is 4.90 Å². The van der Waals surface area contributed by atoms with Crippen molar-refractivity contribution in [3.63, 3.8) is 0 Å². The van der Waals surface area contributed by atoms with Gasteiger partial charge >= 0.3 is 0 Å². The maximum atomic E-state index is 9.02. The zero-order valence-corrected chi connectivity index (χ0v) is 10.7. The zero-order chi connectivity index (χ0) is 12.3. The monoisotopic (exact) mass is 254 g/mol. The Kier molecular flexibility index (Phi) is 4.26. The number of hydrogen-bond donors (Lipinski definition) is 2. The number of benzene rings is 1. The van der Waals surface area contributed by atoms with Crippen LogP contribution in [0.1, 0.15) is 30.9 Å². The normalized spacial score (nSPS) is 18.2. The van der Waals surface area contributed by atoms with Crippen LogP contribution in [0.15, 0.2) is 18.2 Å². The highest BCUT2D eigenvalue weighted by molar-refractivity contribution is 6.33. The van der Waals surface area contributed by atoms with Gasteiger partial charge in [0, 0.05) is 13.1 Å². The number of anilines is 1. The second-order valence-electron chi connectivity index (χ2n) is 4.55. The molecule has 0 spiro atoms. The molecule has 4 heteroatoms. The van der Waals surface area contributed by atoms with Crippen LogP contribution in [-0.2, 0) is 0 Å². The molecule has 0 saturated carbocycles. The minimum Gasteiger partial charge on any atom is -0.394 e. The van der Waals surface area contributed by atoms with E-state index in [4.69, 9.17) is 22.4 Å². The molecule has 1 atom stereocenters. The van der Waals surface area contributed by atoms with Crippen LogP contribution >= 0.6 is 11.6 Å². The Hall–Kier alpha value is -0.770. The number of nitrogens with two attached hydrogens (primary N) is 1. The van der Waals surface area contributed by atoms with Crippen molar-refractivity contribution >= 4 is 17.3 Å². The maximum Gasteiger partial charge on any atom is 0.0642 e. The predicted octanol–water partition coefficient (Wildman–Crippen LogP) is 2.32. The van der Waals surface area contributed by atoms with Gasteiger partial charge in [-0.25, -0.2) is 0 Å². The summed E-state index contributed by atoms with van der Waals surface area (Å²) in [6, 6.07) is 5.49. The van der Waals surface area contributed by atoms with Gasteiger partial charge in [0.1, 0.15) is 0 Å². The first kappa shape index (κ1) is 12.7. The average molecular weight is 255 g/mol.